The number of hydrogen-bond acceptors (Lipinski definition) is 4. The Hall–Kier alpha value is -0.970. The summed E-state index contributed by atoms with van der Waals surface area (Å²) in [6.45, 7) is 0. The molecule has 108 valence electrons. The smallest absolute Gasteiger partial charge is 0.120 e. The van der Waals surface area contributed by atoms with Crippen molar-refractivity contribution in [1.29, 1.82) is 0 Å². The van der Waals surface area contributed by atoms with Gasteiger partial charge >= 0.3 is 0 Å². The molecule has 1 saturated carbocycles. The van der Waals surface area contributed by atoms with Crippen molar-refractivity contribution in [2.75, 3.05) is 7.11 Å². The Balaban J connectivity index is 0.00000180. The maximum absolute atomic E-state index is 10.3. The molecule has 1 aromatic rings. The zero-order valence-corrected chi connectivity index (χ0v) is 11.9. The molecule has 4 nitrogen and oxygen atoms in total. The predicted molar refractivity (Wildman–Crippen MR) is 76.8 cm³/mol. The fraction of sp³-hybridized carbons (Fsp3) is 0.571. The number of phenolic OH excluding ortho intramolecular Hbond substituents is 1. The average Bonchev–Trinajstić information content (AvgIpc) is 2.91. The highest BCUT2D eigenvalue weighted by atomic mass is 35.5. The summed E-state index contributed by atoms with van der Waals surface area (Å²) in [7, 11) is 1.56. The quantitative estimate of drug-likeness (QED) is 0.795. The molecule has 0 amide bonds. The first-order chi connectivity index (χ1) is 8.63. The van der Waals surface area contributed by atoms with Crippen molar-refractivity contribution in [3.8, 4) is 11.5 Å². The summed E-state index contributed by atoms with van der Waals surface area (Å²) in [5.74, 6) is 0.989. The average molecular weight is 288 g/mol. The summed E-state index contributed by atoms with van der Waals surface area (Å²) in [5.41, 5.74) is 6.63. The van der Waals surface area contributed by atoms with E-state index in [9.17, 15) is 10.2 Å². The topological polar surface area (TPSA) is 75.7 Å². The lowest BCUT2D eigenvalue weighted by Crippen LogP contribution is -2.32. The van der Waals surface area contributed by atoms with Crippen LogP contribution in [0.2, 0.25) is 0 Å². The van der Waals surface area contributed by atoms with Crippen LogP contribution < -0.4 is 10.5 Å². The highest BCUT2D eigenvalue weighted by molar-refractivity contribution is 5.85. The number of nitrogens with two attached hydrogens (primary N) is 1. The number of aromatic hydroxyl groups is 1. The highest BCUT2D eigenvalue weighted by Gasteiger charge is 2.30. The molecule has 0 saturated heterocycles. The van der Waals surface area contributed by atoms with Gasteiger partial charge in [0.15, 0.2) is 0 Å². The third kappa shape index (κ3) is 3.53. The van der Waals surface area contributed by atoms with Gasteiger partial charge in [-0.2, -0.15) is 0 Å². The normalized spacial score (nSPS) is 18.7. The van der Waals surface area contributed by atoms with Gasteiger partial charge in [-0.05, 0) is 37.0 Å². The summed E-state index contributed by atoms with van der Waals surface area (Å²) < 4.78 is 5.12. The van der Waals surface area contributed by atoms with Crippen LogP contribution >= 0.6 is 12.4 Å². The molecular formula is C14H22ClNO3. The van der Waals surface area contributed by atoms with Crippen molar-refractivity contribution in [1.82, 2.24) is 0 Å². The van der Waals surface area contributed by atoms with Crippen molar-refractivity contribution in [2.24, 2.45) is 11.7 Å². The molecule has 2 atom stereocenters. The van der Waals surface area contributed by atoms with Crippen LogP contribution in [0.3, 0.4) is 0 Å². The summed E-state index contributed by atoms with van der Waals surface area (Å²) in [4.78, 5) is 0. The molecule has 0 radical (unpaired) electrons. The first kappa shape index (κ1) is 16.1. The van der Waals surface area contributed by atoms with Crippen LogP contribution in [0.1, 0.15) is 37.3 Å². The van der Waals surface area contributed by atoms with Gasteiger partial charge in [0.05, 0.1) is 19.3 Å². The molecule has 19 heavy (non-hydrogen) atoms. The first-order valence-corrected chi connectivity index (χ1v) is 6.44. The minimum atomic E-state index is -0.606. The SMILES string of the molecule is COc1ccc(O)c([C@H](N)[C@H](O)C2CCCC2)c1.Cl. The molecule has 0 spiro atoms. The van der Waals surface area contributed by atoms with E-state index in [1.54, 1.807) is 25.3 Å². The Morgan fingerprint density at radius 2 is 1.95 bits per heavy atom. The van der Waals surface area contributed by atoms with Crippen molar-refractivity contribution in [2.45, 2.75) is 37.8 Å². The minimum Gasteiger partial charge on any atom is -0.508 e. The molecule has 0 bridgehead atoms. The number of ether oxygens (including phenoxy) is 1. The largest absolute Gasteiger partial charge is 0.508 e. The second-order valence-corrected chi connectivity index (χ2v) is 4.99. The number of phenols is 1. The van der Waals surface area contributed by atoms with Gasteiger partial charge in [-0.25, -0.2) is 0 Å². The van der Waals surface area contributed by atoms with E-state index in [0.29, 0.717) is 11.3 Å². The van der Waals surface area contributed by atoms with E-state index in [-0.39, 0.29) is 24.1 Å². The third-order valence-corrected chi connectivity index (χ3v) is 3.84. The Morgan fingerprint density at radius 1 is 1.32 bits per heavy atom. The standard InChI is InChI=1S/C14H21NO3.ClH/c1-18-10-6-7-12(16)11(8-10)13(15)14(17)9-4-2-3-5-9;/h6-9,13-14,16-17H,2-5,15H2,1H3;1H/t13-,14+;/m0./s1. The summed E-state index contributed by atoms with van der Waals surface area (Å²) in [5, 5.41) is 20.1. The van der Waals surface area contributed by atoms with Gasteiger partial charge in [0.25, 0.3) is 0 Å². The highest BCUT2D eigenvalue weighted by Crippen LogP contribution is 2.36. The maximum atomic E-state index is 10.3. The van der Waals surface area contributed by atoms with Gasteiger partial charge in [-0.15, -0.1) is 12.4 Å². The van der Waals surface area contributed by atoms with E-state index >= 15 is 0 Å². The van der Waals surface area contributed by atoms with E-state index < -0.39 is 12.1 Å². The number of halogens is 1. The van der Waals surface area contributed by atoms with Gasteiger partial charge in [0.1, 0.15) is 11.5 Å². The van der Waals surface area contributed by atoms with Crippen LogP contribution in [0.5, 0.6) is 11.5 Å². The van der Waals surface area contributed by atoms with Gasteiger partial charge in [0, 0.05) is 5.56 Å². The third-order valence-electron chi connectivity index (χ3n) is 3.84. The lowest BCUT2D eigenvalue weighted by atomic mass is 9.90. The van der Waals surface area contributed by atoms with Crippen molar-refractivity contribution in [3.05, 3.63) is 23.8 Å². The van der Waals surface area contributed by atoms with E-state index in [1.165, 1.54) is 0 Å². The number of aliphatic hydroxyl groups excluding tert-OH is 1. The summed E-state index contributed by atoms with van der Waals surface area (Å²) in [6.07, 6.45) is 3.72. The second-order valence-electron chi connectivity index (χ2n) is 4.99. The zero-order chi connectivity index (χ0) is 13.1. The molecule has 1 aliphatic carbocycles. The lowest BCUT2D eigenvalue weighted by molar-refractivity contribution is 0.0835. The monoisotopic (exact) mass is 287 g/mol. The molecule has 2 rings (SSSR count). The van der Waals surface area contributed by atoms with Gasteiger partial charge < -0.3 is 20.7 Å². The molecule has 0 aliphatic heterocycles. The maximum Gasteiger partial charge on any atom is 0.120 e. The molecule has 1 aliphatic rings. The second kappa shape index (κ2) is 6.98. The Morgan fingerprint density at radius 3 is 2.53 bits per heavy atom. The first-order valence-electron chi connectivity index (χ1n) is 6.44. The minimum absolute atomic E-state index is 0. The number of benzene rings is 1. The summed E-state index contributed by atoms with van der Waals surface area (Å²) in [6, 6.07) is 4.35. The molecule has 0 heterocycles. The fourth-order valence-corrected chi connectivity index (χ4v) is 2.70. The van der Waals surface area contributed by atoms with Crippen LogP contribution in [0, 0.1) is 5.92 Å². The molecule has 1 aromatic carbocycles. The van der Waals surface area contributed by atoms with E-state index in [0.717, 1.165) is 25.7 Å². The Labute approximate surface area is 120 Å². The molecule has 1 fully saturated rings. The van der Waals surface area contributed by atoms with Crippen LogP contribution in [-0.4, -0.2) is 23.4 Å². The lowest BCUT2D eigenvalue weighted by Gasteiger charge is -2.25. The predicted octanol–water partition coefficient (Wildman–Crippen LogP) is 2.37. The van der Waals surface area contributed by atoms with Gasteiger partial charge in [-0.1, -0.05) is 12.8 Å². The molecule has 0 aromatic heterocycles. The Kier molecular flexibility index (Phi) is 5.91. The van der Waals surface area contributed by atoms with Crippen molar-refractivity contribution < 1.29 is 14.9 Å². The van der Waals surface area contributed by atoms with E-state index in [1.807, 2.05) is 0 Å². The van der Waals surface area contributed by atoms with Crippen molar-refractivity contribution >= 4 is 12.4 Å². The number of methoxy groups -OCH3 is 1. The van der Waals surface area contributed by atoms with Crippen LogP contribution in [0.4, 0.5) is 0 Å². The fourth-order valence-electron chi connectivity index (χ4n) is 2.70. The molecule has 4 N–H and O–H groups in total. The number of rotatable bonds is 4. The molecule has 5 heteroatoms. The molecular weight excluding hydrogens is 266 g/mol. The van der Waals surface area contributed by atoms with Crippen LogP contribution in [-0.2, 0) is 0 Å². The van der Waals surface area contributed by atoms with Gasteiger partial charge in [-0.3, -0.25) is 0 Å². The van der Waals surface area contributed by atoms with E-state index in [4.69, 9.17) is 10.5 Å². The van der Waals surface area contributed by atoms with Crippen molar-refractivity contribution in [3.63, 3.8) is 0 Å². The zero-order valence-electron chi connectivity index (χ0n) is 11.1. The van der Waals surface area contributed by atoms with Crippen LogP contribution in [0.15, 0.2) is 18.2 Å². The number of aliphatic hydroxyl groups is 1. The molecule has 0 unspecified atom stereocenters. The van der Waals surface area contributed by atoms with Crippen LogP contribution in [0.25, 0.3) is 0 Å². The summed E-state index contributed by atoms with van der Waals surface area (Å²) >= 11 is 0. The van der Waals surface area contributed by atoms with Gasteiger partial charge in [0.2, 0.25) is 0 Å². The number of hydrogen-bond donors (Lipinski definition) is 3. The Bertz CT molecular complexity index is 408. The van der Waals surface area contributed by atoms with E-state index in [2.05, 4.69) is 0 Å².